The van der Waals surface area contributed by atoms with Crippen molar-refractivity contribution < 1.29 is 14.0 Å². The van der Waals surface area contributed by atoms with Gasteiger partial charge in [-0.2, -0.15) is 4.98 Å². The number of piperidine rings is 1. The molecule has 4 rings (SSSR count). The Kier molecular flexibility index (Phi) is 4.49. The molecule has 6 nitrogen and oxygen atoms in total. The Labute approximate surface area is 152 Å². The SMILES string of the molecule is Cc1oc(NC(=O)C2CCCCN2C(=O)c2ccccc2)nc1C1CC1. The molecule has 26 heavy (non-hydrogen) atoms. The zero-order chi connectivity index (χ0) is 18.1. The highest BCUT2D eigenvalue weighted by atomic mass is 16.4. The number of aryl methyl sites for hydroxylation is 1. The lowest BCUT2D eigenvalue weighted by atomic mass is 10.00. The molecule has 136 valence electrons. The van der Waals surface area contributed by atoms with Gasteiger partial charge in [0.15, 0.2) is 0 Å². The maximum atomic E-state index is 12.8. The van der Waals surface area contributed by atoms with E-state index in [1.165, 1.54) is 0 Å². The number of anilines is 1. The van der Waals surface area contributed by atoms with Crippen LogP contribution < -0.4 is 5.32 Å². The second-order valence-corrected chi connectivity index (χ2v) is 7.10. The number of aromatic nitrogens is 1. The van der Waals surface area contributed by atoms with Crippen LogP contribution in [0.15, 0.2) is 34.7 Å². The Hall–Kier alpha value is -2.63. The molecule has 1 saturated heterocycles. The van der Waals surface area contributed by atoms with Crippen molar-refractivity contribution in [3.05, 3.63) is 47.3 Å². The van der Waals surface area contributed by atoms with Crippen molar-refractivity contribution in [3.8, 4) is 0 Å². The van der Waals surface area contributed by atoms with E-state index in [1.807, 2.05) is 25.1 Å². The summed E-state index contributed by atoms with van der Waals surface area (Å²) < 4.78 is 5.61. The van der Waals surface area contributed by atoms with Crippen molar-refractivity contribution in [2.45, 2.75) is 51.0 Å². The Morgan fingerprint density at radius 1 is 1.15 bits per heavy atom. The number of amides is 2. The molecule has 2 amide bonds. The van der Waals surface area contributed by atoms with Crippen LogP contribution in [-0.4, -0.2) is 34.3 Å². The predicted octanol–water partition coefficient (Wildman–Crippen LogP) is 3.49. The summed E-state index contributed by atoms with van der Waals surface area (Å²) in [5.41, 5.74) is 1.55. The number of nitrogens with zero attached hydrogens (tertiary/aromatic N) is 2. The normalized spacial score (nSPS) is 20.0. The lowest BCUT2D eigenvalue weighted by Crippen LogP contribution is -2.50. The van der Waals surface area contributed by atoms with Gasteiger partial charge in [0.2, 0.25) is 0 Å². The summed E-state index contributed by atoms with van der Waals surface area (Å²) in [6.45, 7) is 2.46. The van der Waals surface area contributed by atoms with Crippen LogP contribution in [0.5, 0.6) is 0 Å². The van der Waals surface area contributed by atoms with Crippen LogP contribution in [0.2, 0.25) is 0 Å². The van der Waals surface area contributed by atoms with Crippen LogP contribution in [0.3, 0.4) is 0 Å². The molecule has 1 aromatic carbocycles. The van der Waals surface area contributed by atoms with Crippen LogP contribution >= 0.6 is 0 Å². The first kappa shape index (κ1) is 16.8. The monoisotopic (exact) mass is 353 g/mol. The molecule has 1 atom stereocenters. The molecule has 2 aliphatic rings. The Bertz CT molecular complexity index is 811. The van der Waals surface area contributed by atoms with Crippen LogP contribution in [0.4, 0.5) is 6.01 Å². The second-order valence-electron chi connectivity index (χ2n) is 7.10. The standard InChI is InChI=1S/C20H23N3O3/c1-13-17(14-10-11-14)21-20(26-13)22-18(24)16-9-5-6-12-23(16)19(25)15-7-3-2-4-8-15/h2-4,7-8,14,16H,5-6,9-12H2,1H3,(H,21,22,24). The van der Waals surface area contributed by atoms with Crippen molar-refractivity contribution in [2.24, 2.45) is 0 Å². The van der Waals surface area contributed by atoms with Crippen LogP contribution in [-0.2, 0) is 4.79 Å². The van der Waals surface area contributed by atoms with E-state index in [-0.39, 0.29) is 17.8 Å². The van der Waals surface area contributed by atoms with Gasteiger partial charge in [-0.3, -0.25) is 14.9 Å². The largest absolute Gasteiger partial charge is 0.428 e. The molecule has 2 fully saturated rings. The van der Waals surface area contributed by atoms with Gasteiger partial charge in [0.25, 0.3) is 11.8 Å². The summed E-state index contributed by atoms with van der Waals surface area (Å²) in [6.07, 6.45) is 4.74. The molecule has 1 aliphatic heterocycles. The average molecular weight is 353 g/mol. The molecule has 0 radical (unpaired) electrons. The summed E-state index contributed by atoms with van der Waals surface area (Å²) in [6, 6.07) is 8.86. The fraction of sp³-hybridized carbons (Fsp3) is 0.450. The number of hydrogen-bond acceptors (Lipinski definition) is 4. The van der Waals surface area contributed by atoms with Crippen molar-refractivity contribution in [1.82, 2.24) is 9.88 Å². The van der Waals surface area contributed by atoms with Gasteiger partial charge in [-0.05, 0) is 51.2 Å². The number of carbonyl (C=O) groups excluding carboxylic acids is 2. The lowest BCUT2D eigenvalue weighted by Gasteiger charge is -2.34. The molecule has 0 bridgehead atoms. The van der Waals surface area contributed by atoms with E-state index < -0.39 is 6.04 Å². The number of hydrogen-bond donors (Lipinski definition) is 1. The third-order valence-electron chi connectivity index (χ3n) is 5.11. The van der Waals surface area contributed by atoms with Crippen molar-refractivity contribution in [3.63, 3.8) is 0 Å². The van der Waals surface area contributed by atoms with E-state index in [4.69, 9.17) is 4.42 Å². The maximum Gasteiger partial charge on any atom is 0.301 e. The summed E-state index contributed by atoms with van der Waals surface area (Å²) in [5, 5.41) is 2.78. The fourth-order valence-corrected chi connectivity index (χ4v) is 3.58. The van der Waals surface area contributed by atoms with Crippen LogP contribution in [0, 0.1) is 6.92 Å². The number of benzene rings is 1. The molecular formula is C20H23N3O3. The third-order valence-corrected chi connectivity index (χ3v) is 5.11. The Morgan fingerprint density at radius 3 is 2.65 bits per heavy atom. The number of oxazole rings is 1. The molecule has 6 heteroatoms. The number of likely N-dealkylation sites (tertiary alicyclic amines) is 1. The van der Waals surface area contributed by atoms with E-state index in [0.717, 1.165) is 37.1 Å². The first-order valence-electron chi connectivity index (χ1n) is 9.27. The summed E-state index contributed by atoms with van der Waals surface area (Å²) in [4.78, 5) is 31.7. The van der Waals surface area contributed by atoms with Crippen molar-refractivity contribution >= 4 is 17.8 Å². The number of rotatable bonds is 4. The first-order valence-corrected chi connectivity index (χ1v) is 9.27. The van der Waals surface area contributed by atoms with Crippen molar-refractivity contribution in [1.29, 1.82) is 0 Å². The topological polar surface area (TPSA) is 75.4 Å². The molecule has 2 heterocycles. The highest BCUT2D eigenvalue weighted by molar-refractivity contribution is 6.00. The van der Waals surface area contributed by atoms with Crippen molar-refractivity contribution in [2.75, 3.05) is 11.9 Å². The minimum Gasteiger partial charge on any atom is -0.428 e. The molecule has 2 aromatic rings. The van der Waals surface area contributed by atoms with Gasteiger partial charge in [0.1, 0.15) is 11.8 Å². The van der Waals surface area contributed by atoms with Gasteiger partial charge in [0.05, 0.1) is 5.69 Å². The minimum absolute atomic E-state index is 0.104. The van der Waals surface area contributed by atoms with Crippen LogP contribution in [0.25, 0.3) is 0 Å². The average Bonchev–Trinajstić information content (AvgIpc) is 3.45. The van der Waals surface area contributed by atoms with Gasteiger partial charge in [-0.25, -0.2) is 0 Å². The van der Waals surface area contributed by atoms with E-state index in [1.54, 1.807) is 17.0 Å². The van der Waals surface area contributed by atoms with Gasteiger partial charge in [0, 0.05) is 18.0 Å². The fourth-order valence-electron chi connectivity index (χ4n) is 3.58. The van der Waals surface area contributed by atoms with Gasteiger partial charge in [-0.1, -0.05) is 18.2 Å². The summed E-state index contributed by atoms with van der Waals surface area (Å²) in [7, 11) is 0. The van der Waals surface area contributed by atoms with Gasteiger partial charge >= 0.3 is 6.01 Å². The van der Waals surface area contributed by atoms with E-state index >= 15 is 0 Å². The summed E-state index contributed by atoms with van der Waals surface area (Å²) in [5.74, 6) is 0.907. The molecule has 0 spiro atoms. The molecule has 1 unspecified atom stereocenters. The zero-order valence-corrected chi connectivity index (χ0v) is 14.9. The zero-order valence-electron chi connectivity index (χ0n) is 14.9. The Morgan fingerprint density at radius 2 is 1.92 bits per heavy atom. The number of nitrogens with one attached hydrogen (secondary N) is 1. The van der Waals surface area contributed by atoms with Gasteiger partial charge < -0.3 is 9.32 Å². The Balaban J connectivity index is 1.49. The minimum atomic E-state index is -0.493. The quantitative estimate of drug-likeness (QED) is 0.913. The molecule has 1 aliphatic carbocycles. The van der Waals surface area contributed by atoms with E-state index in [2.05, 4.69) is 10.3 Å². The number of carbonyl (C=O) groups is 2. The highest BCUT2D eigenvalue weighted by Gasteiger charge is 2.34. The smallest absolute Gasteiger partial charge is 0.301 e. The predicted molar refractivity (Wildman–Crippen MR) is 97.0 cm³/mol. The summed E-state index contributed by atoms with van der Waals surface area (Å²) >= 11 is 0. The second kappa shape index (κ2) is 6.94. The molecule has 1 saturated carbocycles. The van der Waals surface area contributed by atoms with Gasteiger partial charge in [-0.15, -0.1) is 0 Å². The third kappa shape index (κ3) is 3.36. The maximum absolute atomic E-state index is 12.8. The van der Waals surface area contributed by atoms with E-state index in [9.17, 15) is 9.59 Å². The molecule has 1 aromatic heterocycles. The van der Waals surface area contributed by atoms with Crippen LogP contribution in [0.1, 0.15) is 59.8 Å². The first-order chi connectivity index (χ1) is 12.6. The van der Waals surface area contributed by atoms with E-state index in [0.29, 0.717) is 24.4 Å². The molecule has 1 N–H and O–H groups in total. The highest BCUT2D eigenvalue weighted by Crippen LogP contribution is 2.41. The lowest BCUT2D eigenvalue weighted by molar-refractivity contribution is -0.121. The molecular weight excluding hydrogens is 330 g/mol.